The molecule has 1 aromatic rings. The molecule has 0 bridgehead atoms. The minimum absolute atomic E-state index is 0.116. The highest BCUT2D eigenvalue weighted by atomic mass is 16.3. The van der Waals surface area contributed by atoms with Gasteiger partial charge in [-0.3, -0.25) is 9.59 Å². The van der Waals surface area contributed by atoms with Gasteiger partial charge in [0.05, 0.1) is 12.0 Å². The Morgan fingerprint density at radius 1 is 1.18 bits per heavy atom. The van der Waals surface area contributed by atoms with Gasteiger partial charge in [0.25, 0.3) is 0 Å². The second kappa shape index (κ2) is 7.40. The number of primary amides is 1. The van der Waals surface area contributed by atoms with E-state index in [-0.39, 0.29) is 18.7 Å². The molecular formula is C17H24N2O3. The molecule has 0 spiro atoms. The Bertz CT molecular complexity index is 510. The molecule has 0 unspecified atom stereocenters. The van der Waals surface area contributed by atoms with Gasteiger partial charge in [-0.05, 0) is 18.4 Å². The smallest absolute Gasteiger partial charge is 0.225 e. The Balaban J connectivity index is 2.02. The van der Waals surface area contributed by atoms with E-state index >= 15 is 0 Å². The number of aliphatic hydroxyl groups is 1. The molecule has 1 saturated carbocycles. The monoisotopic (exact) mass is 304 g/mol. The number of rotatable bonds is 7. The molecule has 5 nitrogen and oxygen atoms in total. The number of nitrogens with two attached hydrogens (primary N) is 1. The maximum atomic E-state index is 12.5. The lowest BCUT2D eigenvalue weighted by Gasteiger charge is -2.28. The molecule has 5 heteroatoms. The van der Waals surface area contributed by atoms with Crippen LogP contribution in [0.3, 0.4) is 0 Å². The molecule has 1 fully saturated rings. The van der Waals surface area contributed by atoms with E-state index in [4.69, 9.17) is 5.73 Å². The molecule has 1 aromatic carbocycles. The van der Waals surface area contributed by atoms with Crippen molar-refractivity contribution in [3.8, 4) is 0 Å². The van der Waals surface area contributed by atoms with Crippen molar-refractivity contribution < 1.29 is 14.7 Å². The van der Waals surface area contributed by atoms with Gasteiger partial charge in [0, 0.05) is 19.5 Å². The second-order valence-electron chi connectivity index (χ2n) is 6.13. The van der Waals surface area contributed by atoms with E-state index in [0.29, 0.717) is 25.9 Å². The molecule has 0 heterocycles. The molecule has 2 amide bonds. The summed E-state index contributed by atoms with van der Waals surface area (Å²) in [6, 6.07) is 9.62. The van der Waals surface area contributed by atoms with Crippen molar-refractivity contribution in [2.75, 3.05) is 6.54 Å². The molecule has 0 atom stereocenters. The van der Waals surface area contributed by atoms with Gasteiger partial charge in [-0.15, -0.1) is 0 Å². The highest BCUT2D eigenvalue weighted by Gasteiger charge is 2.34. The van der Waals surface area contributed by atoms with Crippen LogP contribution in [0.25, 0.3) is 0 Å². The van der Waals surface area contributed by atoms with E-state index in [2.05, 4.69) is 0 Å². The van der Waals surface area contributed by atoms with Gasteiger partial charge < -0.3 is 15.7 Å². The van der Waals surface area contributed by atoms with Gasteiger partial charge in [-0.25, -0.2) is 0 Å². The standard InChI is InChI=1S/C17H24N2O3/c18-15(20)8-11-19(13-14-6-2-1-3-7-14)16(21)12-17(22)9-4-5-10-17/h1-3,6-7,22H,4-5,8-13H2,(H2,18,20). The summed E-state index contributed by atoms with van der Waals surface area (Å²) >= 11 is 0. The fraction of sp³-hybridized carbons (Fsp3) is 0.529. The first-order valence-electron chi connectivity index (χ1n) is 7.81. The molecule has 0 aliphatic heterocycles. The molecule has 22 heavy (non-hydrogen) atoms. The number of hydrogen-bond acceptors (Lipinski definition) is 3. The van der Waals surface area contributed by atoms with Crippen molar-refractivity contribution in [1.29, 1.82) is 0 Å². The Morgan fingerprint density at radius 2 is 1.82 bits per heavy atom. The van der Waals surface area contributed by atoms with Crippen LogP contribution in [0.4, 0.5) is 0 Å². The molecule has 3 N–H and O–H groups in total. The maximum absolute atomic E-state index is 12.5. The van der Waals surface area contributed by atoms with Crippen LogP contribution in [-0.4, -0.2) is 34.0 Å². The summed E-state index contributed by atoms with van der Waals surface area (Å²) < 4.78 is 0. The van der Waals surface area contributed by atoms with Gasteiger partial charge in [-0.1, -0.05) is 43.2 Å². The first kappa shape index (κ1) is 16.5. The second-order valence-corrected chi connectivity index (χ2v) is 6.13. The van der Waals surface area contributed by atoms with E-state index in [0.717, 1.165) is 18.4 Å². The summed E-state index contributed by atoms with van der Waals surface area (Å²) in [5.74, 6) is -0.542. The Kier molecular flexibility index (Phi) is 5.55. The summed E-state index contributed by atoms with van der Waals surface area (Å²) in [7, 11) is 0. The molecule has 1 aliphatic rings. The topological polar surface area (TPSA) is 83.6 Å². The normalized spacial score (nSPS) is 16.4. The summed E-state index contributed by atoms with van der Waals surface area (Å²) in [5, 5.41) is 10.4. The lowest BCUT2D eigenvalue weighted by Crippen LogP contribution is -2.39. The summed E-state index contributed by atoms with van der Waals surface area (Å²) in [5.41, 5.74) is 5.32. The number of carbonyl (C=O) groups excluding carboxylic acids is 2. The highest BCUT2D eigenvalue weighted by Crippen LogP contribution is 2.32. The van der Waals surface area contributed by atoms with Gasteiger partial charge in [-0.2, -0.15) is 0 Å². The van der Waals surface area contributed by atoms with Crippen molar-refractivity contribution in [2.24, 2.45) is 5.73 Å². The lowest BCUT2D eigenvalue weighted by molar-refractivity contribution is -0.137. The van der Waals surface area contributed by atoms with Crippen LogP contribution >= 0.6 is 0 Å². The third kappa shape index (κ3) is 4.84. The number of amides is 2. The summed E-state index contributed by atoms with van der Waals surface area (Å²) in [4.78, 5) is 25.2. The number of benzene rings is 1. The van der Waals surface area contributed by atoms with Crippen molar-refractivity contribution in [1.82, 2.24) is 4.90 Å². The lowest BCUT2D eigenvalue weighted by atomic mass is 9.97. The summed E-state index contributed by atoms with van der Waals surface area (Å²) in [6.07, 6.45) is 3.53. The largest absolute Gasteiger partial charge is 0.389 e. The van der Waals surface area contributed by atoms with Crippen LogP contribution in [0.15, 0.2) is 30.3 Å². The van der Waals surface area contributed by atoms with Crippen molar-refractivity contribution in [3.63, 3.8) is 0 Å². The van der Waals surface area contributed by atoms with Crippen LogP contribution < -0.4 is 5.73 Å². The van der Waals surface area contributed by atoms with Crippen molar-refractivity contribution in [3.05, 3.63) is 35.9 Å². The predicted octanol–water partition coefficient (Wildman–Crippen LogP) is 1.59. The van der Waals surface area contributed by atoms with Crippen LogP contribution in [0.5, 0.6) is 0 Å². The van der Waals surface area contributed by atoms with E-state index < -0.39 is 11.5 Å². The minimum atomic E-state index is -0.876. The van der Waals surface area contributed by atoms with Crippen LogP contribution in [0.2, 0.25) is 0 Å². The Labute approximate surface area is 131 Å². The average Bonchev–Trinajstić information content (AvgIpc) is 2.90. The Hall–Kier alpha value is -1.88. The van der Waals surface area contributed by atoms with Crippen molar-refractivity contribution >= 4 is 11.8 Å². The fourth-order valence-electron chi connectivity index (χ4n) is 2.94. The third-order valence-corrected chi connectivity index (χ3v) is 4.21. The highest BCUT2D eigenvalue weighted by molar-refractivity contribution is 5.79. The van der Waals surface area contributed by atoms with Gasteiger partial charge in [0.2, 0.25) is 11.8 Å². The van der Waals surface area contributed by atoms with Gasteiger partial charge >= 0.3 is 0 Å². The molecule has 2 rings (SSSR count). The van der Waals surface area contributed by atoms with Crippen LogP contribution in [-0.2, 0) is 16.1 Å². The first-order chi connectivity index (χ1) is 10.5. The molecule has 0 saturated heterocycles. The molecular weight excluding hydrogens is 280 g/mol. The Morgan fingerprint density at radius 3 is 2.41 bits per heavy atom. The average molecular weight is 304 g/mol. The van der Waals surface area contributed by atoms with E-state index in [1.807, 2.05) is 30.3 Å². The molecule has 0 aromatic heterocycles. The number of hydrogen-bond donors (Lipinski definition) is 2. The van der Waals surface area contributed by atoms with Crippen LogP contribution in [0.1, 0.15) is 44.1 Å². The molecule has 1 aliphatic carbocycles. The zero-order chi connectivity index (χ0) is 16.0. The minimum Gasteiger partial charge on any atom is -0.389 e. The third-order valence-electron chi connectivity index (χ3n) is 4.21. The van der Waals surface area contributed by atoms with Gasteiger partial charge in [0.1, 0.15) is 0 Å². The van der Waals surface area contributed by atoms with Crippen molar-refractivity contribution in [2.45, 2.75) is 50.7 Å². The zero-order valence-electron chi connectivity index (χ0n) is 12.8. The molecule has 120 valence electrons. The first-order valence-corrected chi connectivity index (χ1v) is 7.81. The van der Waals surface area contributed by atoms with Gasteiger partial charge in [0.15, 0.2) is 0 Å². The number of carbonyl (C=O) groups is 2. The van der Waals surface area contributed by atoms with E-state index in [1.165, 1.54) is 0 Å². The maximum Gasteiger partial charge on any atom is 0.225 e. The SMILES string of the molecule is NC(=O)CCN(Cc1ccccc1)C(=O)CC1(O)CCCC1. The summed E-state index contributed by atoms with van der Waals surface area (Å²) in [6.45, 7) is 0.724. The molecule has 0 radical (unpaired) electrons. The number of nitrogens with zero attached hydrogens (tertiary/aromatic N) is 1. The van der Waals surface area contributed by atoms with E-state index in [9.17, 15) is 14.7 Å². The quantitative estimate of drug-likeness (QED) is 0.802. The van der Waals surface area contributed by atoms with Crippen LogP contribution in [0, 0.1) is 0 Å². The van der Waals surface area contributed by atoms with E-state index in [1.54, 1.807) is 4.90 Å². The zero-order valence-corrected chi connectivity index (χ0v) is 12.8. The predicted molar refractivity (Wildman–Crippen MR) is 83.7 cm³/mol. The fourth-order valence-corrected chi connectivity index (χ4v) is 2.94.